The van der Waals surface area contributed by atoms with Crippen molar-refractivity contribution in [2.75, 3.05) is 0 Å². The van der Waals surface area contributed by atoms with Crippen LogP contribution in [0.3, 0.4) is 0 Å². The second-order valence-electron chi connectivity index (χ2n) is 6.70. The van der Waals surface area contributed by atoms with Gasteiger partial charge < -0.3 is 5.32 Å². The first kappa shape index (κ1) is 18.5. The maximum atomic E-state index is 13.1. The number of hydrogen-bond acceptors (Lipinski definition) is 3. The Morgan fingerprint density at radius 3 is 2.37 bits per heavy atom. The fourth-order valence-corrected chi connectivity index (χ4v) is 2.68. The van der Waals surface area contributed by atoms with E-state index in [1.165, 1.54) is 18.2 Å². The number of amides is 1. The Bertz CT molecular complexity index is 996. The highest BCUT2D eigenvalue weighted by molar-refractivity contribution is 5.83. The van der Waals surface area contributed by atoms with Gasteiger partial charge in [-0.3, -0.25) is 9.59 Å². The number of rotatable bonds is 5. The van der Waals surface area contributed by atoms with Crippen molar-refractivity contribution in [1.82, 2.24) is 15.1 Å². The maximum absolute atomic E-state index is 13.1. The highest BCUT2D eigenvalue weighted by Gasteiger charge is 2.32. The molecule has 1 N–H and O–H groups in total. The first-order valence-electron chi connectivity index (χ1n) is 8.57. The molecule has 0 bridgehead atoms. The Kier molecular flexibility index (Phi) is 5.16. The molecule has 0 radical (unpaired) electrons. The second kappa shape index (κ2) is 7.53. The van der Waals surface area contributed by atoms with Crippen molar-refractivity contribution >= 4 is 5.91 Å². The molecular formula is C21H20FN3O2. The van der Waals surface area contributed by atoms with E-state index in [1.54, 1.807) is 32.0 Å². The average molecular weight is 365 g/mol. The van der Waals surface area contributed by atoms with Crippen LogP contribution in [0.15, 0.2) is 71.5 Å². The Morgan fingerprint density at radius 2 is 1.70 bits per heavy atom. The van der Waals surface area contributed by atoms with E-state index in [0.717, 1.165) is 10.2 Å². The average Bonchev–Trinajstić information content (AvgIpc) is 2.68. The van der Waals surface area contributed by atoms with Gasteiger partial charge in [-0.05, 0) is 49.7 Å². The second-order valence-corrected chi connectivity index (χ2v) is 6.70. The highest BCUT2D eigenvalue weighted by atomic mass is 19.1. The van der Waals surface area contributed by atoms with Gasteiger partial charge >= 0.3 is 0 Å². The van der Waals surface area contributed by atoms with Crippen LogP contribution < -0.4 is 10.9 Å². The Balaban J connectivity index is 1.86. The first-order chi connectivity index (χ1) is 12.9. The van der Waals surface area contributed by atoms with Crippen LogP contribution in [-0.4, -0.2) is 15.7 Å². The number of carbonyl (C=O) groups is 1. The molecule has 0 aliphatic carbocycles. The van der Waals surface area contributed by atoms with E-state index < -0.39 is 5.54 Å². The monoisotopic (exact) mass is 365 g/mol. The van der Waals surface area contributed by atoms with Gasteiger partial charge in [-0.2, -0.15) is 5.10 Å². The third kappa shape index (κ3) is 4.11. The van der Waals surface area contributed by atoms with Crippen molar-refractivity contribution < 1.29 is 9.18 Å². The van der Waals surface area contributed by atoms with E-state index in [4.69, 9.17) is 0 Å². The van der Waals surface area contributed by atoms with E-state index in [-0.39, 0.29) is 17.3 Å². The van der Waals surface area contributed by atoms with E-state index >= 15 is 0 Å². The Morgan fingerprint density at radius 1 is 1.04 bits per heavy atom. The molecule has 0 atom stereocenters. The molecule has 1 amide bonds. The summed E-state index contributed by atoms with van der Waals surface area (Å²) in [5.74, 6) is -0.676. The maximum Gasteiger partial charge on any atom is 0.267 e. The predicted molar refractivity (Wildman–Crippen MR) is 102 cm³/mol. The normalized spacial score (nSPS) is 11.2. The van der Waals surface area contributed by atoms with Gasteiger partial charge in [0.25, 0.3) is 5.56 Å². The lowest BCUT2D eigenvalue weighted by molar-refractivity contribution is -0.129. The summed E-state index contributed by atoms with van der Waals surface area (Å²) in [5.41, 5.74) is 0.522. The van der Waals surface area contributed by atoms with E-state index in [9.17, 15) is 14.0 Å². The lowest BCUT2D eigenvalue weighted by Gasteiger charge is -2.25. The van der Waals surface area contributed by atoms with E-state index in [2.05, 4.69) is 10.4 Å². The highest BCUT2D eigenvalue weighted by Crippen LogP contribution is 2.18. The van der Waals surface area contributed by atoms with Crippen molar-refractivity contribution in [1.29, 1.82) is 0 Å². The minimum atomic E-state index is -1.19. The van der Waals surface area contributed by atoms with Gasteiger partial charge in [0.15, 0.2) is 0 Å². The lowest BCUT2D eigenvalue weighted by Crippen LogP contribution is -2.49. The minimum Gasteiger partial charge on any atom is -0.350 e. The van der Waals surface area contributed by atoms with Crippen LogP contribution in [-0.2, 0) is 16.9 Å². The third-order valence-corrected chi connectivity index (χ3v) is 4.32. The summed E-state index contributed by atoms with van der Waals surface area (Å²) in [7, 11) is 0. The van der Waals surface area contributed by atoms with Crippen molar-refractivity contribution in [3.63, 3.8) is 0 Å². The molecule has 3 aromatic rings. The molecule has 1 heterocycles. The van der Waals surface area contributed by atoms with Crippen LogP contribution in [0.4, 0.5) is 4.39 Å². The number of nitrogens with zero attached hydrogens (tertiary/aromatic N) is 2. The number of aromatic nitrogens is 2. The quantitative estimate of drug-likeness (QED) is 0.756. The summed E-state index contributed by atoms with van der Waals surface area (Å²) in [4.78, 5) is 25.1. The SMILES string of the molecule is CC(C)(C(=O)NCc1ccccc1)n1nc(-c2ccc(F)cc2)ccc1=O. The van der Waals surface area contributed by atoms with Crippen molar-refractivity contribution in [2.24, 2.45) is 0 Å². The first-order valence-corrected chi connectivity index (χ1v) is 8.57. The van der Waals surface area contributed by atoms with Gasteiger partial charge in [0.1, 0.15) is 11.4 Å². The molecule has 3 rings (SSSR count). The summed E-state index contributed by atoms with van der Waals surface area (Å²) in [5, 5.41) is 7.18. The van der Waals surface area contributed by atoms with Crippen LogP contribution in [0.5, 0.6) is 0 Å². The molecule has 6 heteroatoms. The van der Waals surface area contributed by atoms with E-state index in [0.29, 0.717) is 17.8 Å². The van der Waals surface area contributed by atoms with Gasteiger partial charge in [0.2, 0.25) is 5.91 Å². The molecule has 2 aromatic carbocycles. The molecular weight excluding hydrogens is 345 g/mol. The molecule has 27 heavy (non-hydrogen) atoms. The fourth-order valence-electron chi connectivity index (χ4n) is 2.68. The molecule has 0 saturated carbocycles. The van der Waals surface area contributed by atoms with Crippen molar-refractivity contribution in [3.05, 3.63) is 88.5 Å². The zero-order chi connectivity index (χ0) is 19.4. The number of carbonyl (C=O) groups excluding carboxylic acids is 1. The van der Waals surface area contributed by atoms with Gasteiger partial charge in [-0.1, -0.05) is 30.3 Å². The molecule has 0 fully saturated rings. The van der Waals surface area contributed by atoms with Gasteiger partial charge in [0.05, 0.1) is 5.69 Å². The van der Waals surface area contributed by atoms with Crippen molar-refractivity contribution in [2.45, 2.75) is 25.9 Å². The molecule has 0 spiro atoms. The van der Waals surface area contributed by atoms with Gasteiger partial charge in [0, 0.05) is 18.2 Å². The Hall–Kier alpha value is -3.28. The number of hydrogen-bond donors (Lipinski definition) is 1. The topological polar surface area (TPSA) is 64.0 Å². The molecule has 0 unspecified atom stereocenters. The molecule has 5 nitrogen and oxygen atoms in total. The Labute approximate surface area is 156 Å². The molecule has 138 valence electrons. The summed E-state index contributed by atoms with van der Waals surface area (Å²) in [6, 6.07) is 18.2. The minimum absolute atomic E-state index is 0.322. The zero-order valence-corrected chi connectivity index (χ0v) is 15.1. The summed E-state index contributed by atoms with van der Waals surface area (Å²) >= 11 is 0. The van der Waals surface area contributed by atoms with E-state index in [1.807, 2.05) is 30.3 Å². The number of halogens is 1. The molecule has 1 aromatic heterocycles. The van der Waals surface area contributed by atoms with Gasteiger partial charge in [-0.15, -0.1) is 0 Å². The smallest absolute Gasteiger partial charge is 0.267 e. The molecule has 0 aliphatic rings. The number of nitrogens with one attached hydrogen (secondary N) is 1. The third-order valence-electron chi connectivity index (χ3n) is 4.32. The fraction of sp³-hybridized carbons (Fsp3) is 0.190. The van der Waals surface area contributed by atoms with Crippen molar-refractivity contribution in [3.8, 4) is 11.3 Å². The van der Waals surface area contributed by atoms with Crippen LogP contribution in [0.2, 0.25) is 0 Å². The summed E-state index contributed by atoms with van der Waals surface area (Å²) in [6.07, 6.45) is 0. The van der Waals surface area contributed by atoms with Gasteiger partial charge in [-0.25, -0.2) is 9.07 Å². The number of benzene rings is 2. The standard InChI is InChI=1S/C21H20FN3O2/c1-21(2,20(27)23-14-15-6-4-3-5-7-15)25-19(26)13-12-18(24-25)16-8-10-17(22)11-9-16/h3-13H,14H2,1-2H3,(H,23,27). The zero-order valence-electron chi connectivity index (χ0n) is 15.1. The molecule has 0 saturated heterocycles. The lowest BCUT2D eigenvalue weighted by atomic mass is 10.0. The van der Waals surface area contributed by atoms with Crippen LogP contribution in [0.1, 0.15) is 19.4 Å². The summed E-state index contributed by atoms with van der Waals surface area (Å²) < 4.78 is 14.3. The molecule has 0 aliphatic heterocycles. The van der Waals surface area contributed by atoms with Crippen LogP contribution >= 0.6 is 0 Å². The van der Waals surface area contributed by atoms with Crippen LogP contribution in [0, 0.1) is 5.82 Å². The largest absolute Gasteiger partial charge is 0.350 e. The predicted octanol–water partition coefficient (Wildman–Crippen LogP) is 3.10. The van der Waals surface area contributed by atoms with Crippen LogP contribution in [0.25, 0.3) is 11.3 Å². The summed E-state index contributed by atoms with van der Waals surface area (Å²) in [6.45, 7) is 3.63.